The second kappa shape index (κ2) is 7.26. The van der Waals surface area contributed by atoms with Crippen LogP contribution < -0.4 is 10.6 Å². The molecule has 0 radical (unpaired) electrons. The largest absolute Gasteiger partial charge is 0.504 e. The summed E-state index contributed by atoms with van der Waals surface area (Å²) in [4.78, 5) is 0. The van der Waals surface area contributed by atoms with Crippen LogP contribution in [0.15, 0.2) is 12.1 Å². The Morgan fingerprint density at radius 2 is 1.18 bits per heavy atom. The van der Waals surface area contributed by atoms with Gasteiger partial charge in [0.1, 0.15) is 0 Å². The summed E-state index contributed by atoms with van der Waals surface area (Å²) < 4.78 is 0. The summed E-state index contributed by atoms with van der Waals surface area (Å²) in [6.07, 6.45) is 2.13. The first kappa shape index (κ1) is 18.7. The predicted octanol–water partition coefficient (Wildman–Crippen LogP) is 5.40. The smallest absolute Gasteiger partial charge is 0.162 e. The van der Waals surface area contributed by atoms with Crippen molar-refractivity contribution in [2.75, 3.05) is 23.7 Å². The molecule has 0 spiro atoms. The highest BCUT2D eigenvalue weighted by atomic mass is 16.3. The molecule has 22 heavy (non-hydrogen) atoms. The van der Waals surface area contributed by atoms with Crippen LogP contribution in [0.4, 0.5) is 11.4 Å². The van der Waals surface area contributed by atoms with Crippen LogP contribution in [-0.2, 0) is 0 Å². The summed E-state index contributed by atoms with van der Waals surface area (Å²) in [6, 6.07) is 4.01. The number of nitrogens with one attached hydrogen (secondary N) is 2. The Kier molecular flexibility index (Phi) is 6.16. The molecule has 1 rings (SSSR count). The van der Waals surface area contributed by atoms with Gasteiger partial charge in [-0.15, -0.1) is 0 Å². The Balaban J connectivity index is 2.71. The first-order chi connectivity index (χ1) is 9.98. The van der Waals surface area contributed by atoms with Crippen LogP contribution >= 0.6 is 0 Å². The van der Waals surface area contributed by atoms with Crippen molar-refractivity contribution < 1.29 is 5.11 Å². The third kappa shape index (κ3) is 7.06. The number of anilines is 2. The minimum absolute atomic E-state index is 0.292. The van der Waals surface area contributed by atoms with E-state index >= 15 is 0 Å². The molecule has 1 aromatic carbocycles. The molecule has 0 bridgehead atoms. The van der Waals surface area contributed by atoms with Gasteiger partial charge in [-0.1, -0.05) is 41.5 Å². The highest BCUT2D eigenvalue weighted by Crippen LogP contribution is 2.34. The molecular formula is C19H34N2O. The summed E-state index contributed by atoms with van der Waals surface area (Å²) in [5, 5.41) is 17.2. The van der Waals surface area contributed by atoms with Gasteiger partial charge in [0.05, 0.1) is 11.4 Å². The maximum Gasteiger partial charge on any atom is 0.162 e. The molecule has 0 aliphatic heterocycles. The van der Waals surface area contributed by atoms with Crippen molar-refractivity contribution in [3.8, 4) is 5.75 Å². The molecule has 0 unspecified atom stereocenters. The van der Waals surface area contributed by atoms with E-state index in [-0.39, 0.29) is 0 Å². The van der Waals surface area contributed by atoms with E-state index in [0.29, 0.717) is 16.6 Å². The SMILES string of the molecule is Cc1cc(NCCC(C)(C)C)c(O)c(NCCC(C)(C)C)c1. The van der Waals surface area contributed by atoms with Crippen LogP contribution in [0.2, 0.25) is 0 Å². The van der Waals surface area contributed by atoms with E-state index in [2.05, 4.69) is 59.1 Å². The van der Waals surface area contributed by atoms with Gasteiger partial charge in [-0.25, -0.2) is 0 Å². The summed E-state index contributed by atoms with van der Waals surface area (Å²) in [7, 11) is 0. The summed E-state index contributed by atoms with van der Waals surface area (Å²) in [5.74, 6) is 0.327. The molecule has 0 fully saturated rings. The van der Waals surface area contributed by atoms with Gasteiger partial charge in [0.2, 0.25) is 0 Å². The van der Waals surface area contributed by atoms with Gasteiger partial charge in [-0.05, 0) is 48.3 Å². The lowest BCUT2D eigenvalue weighted by atomic mass is 9.92. The van der Waals surface area contributed by atoms with Crippen LogP contribution in [0.3, 0.4) is 0 Å². The molecule has 0 saturated carbocycles. The number of hydrogen-bond acceptors (Lipinski definition) is 3. The van der Waals surface area contributed by atoms with Crippen molar-refractivity contribution in [2.45, 2.75) is 61.3 Å². The number of phenolic OH excluding ortho intramolecular Hbond substituents is 1. The lowest BCUT2D eigenvalue weighted by molar-refractivity contribution is 0.389. The van der Waals surface area contributed by atoms with Crippen LogP contribution in [0, 0.1) is 17.8 Å². The minimum Gasteiger partial charge on any atom is -0.504 e. The number of benzene rings is 1. The molecule has 0 heterocycles. The molecule has 0 amide bonds. The molecular weight excluding hydrogens is 272 g/mol. The number of hydrogen-bond donors (Lipinski definition) is 3. The van der Waals surface area contributed by atoms with E-state index in [4.69, 9.17) is 0 Å². The average molecular weight is 306 g/mol. The molecule has 126 valence electrons. The van der Waals surface area contributed by atoms with Gasteiger partial charge < -0.3 is 15.7 Å². The van der Waals surface area contributed by atoms with Crippen molar-refractivity contribution in [3.63, 3.8) is 0 Å². The highest BCUT2D eigenvalue weighted by Gasteiger charge is 2.13. The molecule has 0 saturated heterocycles. The van der Waals surface area contributed by atoms with Gasteiger partial charge in [-0.2, -0.15) is 0 Å². The monoisotopic (exact) mass is 306 g/mol. The zero-order chi connectivity index (χ0) is 17.0. The number of phenols is 1. The topological polar surface area (TPSA) is 44.3 Å². The van der Waals surface area contributed by atoms with E-state index in [1.165, 1.54) is 0 Å². The van der Waals surface area contributed by atoms with Crippen molar-refractivity contribution in [1.29, 1.82) is 0 Å². The van der Waals surface area contributed by atoms with Gasteiger partial charge in [0, 0.05) is 13.1 Å². The Hall–Kier alpha value is -1.38. The standard InChI is InChI=1S/C19H34N2O/c1-14-12-15(20-10-8-18(2,3)4)17(22)16(13-14)21-11-9-19(5,6)7/h12-13,20-22H,8-11H2,1-7H3. The fourth-order valence-corrected chi connectivity index (χ4v) is 2.19. The molecule has 3 N–H and O–H groups in total. The lowest BCUT2D eigenvalue weighted by Gasteiger charge is -2.21. The Bertz CT molecular complexity index is 440. The van der Waals surface area contributed by atoms with E-state index in [1.807, 2.05) is 12.1 Å². The number of rotatable bonds is 6. The first-order valence-corrected chi connectivity index (χ1v) is 8.29. The zero-order valence-corrected chi connectivity index (χ0v) is 15.4. The lowest BCUT2D eigenvalue weighted by Crippen LogP contribution is -2.14. The van der Waals surface area contributed by atoms with Crippen molar-refractivity contribution in [3.05, 3.63) is 17.7 Å². The molecule has 1 aromatic rings. The van der Waals surface area contributed by atoms with Crippen LogP contribution in [-0.4, -0.2) is 18.2 Å². The third-order valence-corrected chi connectivity index (χ3v) is 3.64. The van der Waals surface area contributed by atoms with Crippen molar-refractivity contribution in [2.24, 2.45) is 10.8 Å². The average Bonchev–Trinajstić information content (AvgIpc) is 2.31. The highest BCUT2D eigenvalue weighted by molar-refractivity contribution is 5.71. The Labute approximate surface area is 136 Å². The summed E-state index contributed by atoms with van der Waals surface area (Å²) in [5.41, 5.74) is 3.37. The fraction of sp³-hybridized carbons (Fsp3) is 0.684. The maximum absolute atomic E-state index is 10.4. The number of aromatic hydroxyl groups is 1. The zero-order valence-electron chi connectivity index (χ0n) is 15.4. The normalized spacial score (nSPS) is 12.3. The first-order valence-electron chi connectivity index (χ1n) is 8.29. The molecule has 0 aliphatic rings. The molecule has 3 heteroatoms. The van der Waals surface area contributed by atoms with Crippen molar-refractivity contribution in [1.82, 2.24) is 0 Å². The van der Waals surface area contributed by atoms with Crippen LogP contribution in [0.5, 0.6) is 5.75 Å². The van der Waals surface area contributed by atoms with E-state index in [1.54, 1.807) is 0 Å². The quantitative estimate of drug-likeness (QED) is 0.617. The van der Waals surface area contributed by atoms with Gasteiger partial charge in [0.15, 0.2) is 5.75 Å². The third-order valence-electron chi connectivity index (χ3n) is 3.64. The van der Waals surface area contributed by atoms with E-state index < -0.39 is 0 Å². The van der Waals surface area contributed by atoms with Gasteiger partial charge in [0.25, 0.3) is 0 Å². The summed E-state index contributed by atoms with van der Waals surface area (Å²) in [6.45, 7) is 17.1. The van der Waals surface area contributed by atoms with Crippen molar-refractivity contribution >= 4 is 11.4 Å². The maximum atomic E-state index is 10.4. The van der Waals surface area contributed by atoms with E-state index in [0.717, 1.165) is 42.9 Å². The summed E-state index contributed by atoms with van der Waals surface area (Å²) >= 11 is 0. The molecule has 3 nitrogen and oxygen atoms in total. The predicted molar refractivity (Wildman–Crippen MR) is 98.0 cm³/mol. The van der Waals surface area contributed by atoms with Crippen LogP contribution in [0.1, 0.15) is 59.9 Å². The fourth-order valence-electron chi connectivity index (χ4n) is 2.19. The molecule has 0 aromatic heterocycles. The Morgan fingerprint density at radius 3 is 1.50 bits per heavy atom. The molecule has 0 atom stereocenters. The van der Waals surface area contributed by atoms with E-state index in [9.17, 15) is 5.11 Å². The number of aryl methyl sites for hydroxylation is 1. The van der Waals surface area contributed by atoms with Gasteiger partial charge in [-0.3, -0.25) is 0 Å². The van der Waals surface area contributed by atoms with Gasteiger partial charge >= 0.3 is 0 Å². The molecule has 0 aliphatic carbocycles. The minimum atomic E-state index is 0.292. The Morgan fingerprint density at radius 1 is 0.818 bits per heavy atom. The second-order valence-corrected chi connectivity index (χ2v) is 8.68. The van der Waals surface area contributed by atoms with Crippen LogP contribution in [0.25, 0.3) is 0 Å². The second-order valence-electron chi connectivity index (χ2n) is 8.68.